The molecule has 0 radical (unpaired) electrons. The van der Waals surface area contributed by atoms with Crippen molar-refractivity contribution in [2.75, 3.05) is 7.11 Å². The highest BCUT2D eigenvalue weighted by Gasteiger charge is 2.20. The second-order valence-electron chi connectivity index (χ2n) is 5.41. The Morgan fingerprint density at radius 2 is 1.81 bits per heavy atom. The minimum Gasteiger partial charge on any atom is -0.497 e. The Morgan fingerprint density at radius 3 is 2.42 bits per heavy atom. The third-order valence-corrected chi connectivity index (χ3v) is 3.66. The summed E-state index contributed by atoms with van der Waals surface area (Å²) in [6, 6.07) is 15.3. The van der Waals surface area contributed by atoms with Crippen LogP contribution in [-0.2, 0) is 4.74 Å². The fraction of sp³-hybridized carbons (Fsp3) is 0.158. The standard InChI is InChI=1S/C19H15N3O4/c1-12(25-19(23)15-5-3-13(11-20)4-6-15)17-21-22-18(26-17)14-7-9-16(24-2)10-8-14/h3-10,12H,1-2H3/t12-/m1/s1. The number of aromatic nitrogens is 2. The highest BCUT2D eigenvalue weighted by Crippen LogP contribution is 2.24. The molecule has 7 heteroatoms. The first-order valence-electron chi connectivity index (χ1n) is 7.79. The van der Waals surface area contributed by atoms with Crippen LogP contribution in [0, 0.1) is 11.3 Å². The van der Waals surface area contributed by atoms with Crippen LogP contribution in [-0.4, -0.2) is 23.3 Å². The van der Waals surface area contributed by atoms with Crippen LogP contribution in [0.4, 0.5) is 0 Å². The van der Waals surface area contributed by atoms with Gasteiger partial charge in [0.05, 0.1) is 24.3 Å². The highest BCUT2D eigenvalue weighted by molar-refractivity contribution is 5.89. The lowest BCUT2D eigenvalue weighted by atomic mass is 10.1. The predicted octanol–water partition coefficient (Wildman–Crippen LogP) is 3.53. The average molecular weight is 349 g/mol. The molecule has 1 heterocycles. The van der Waals surface area contributed by atoms with E-state index in [1.54, 1.807) is 50.4 Å². The van der Waals surface area contributed by atoms with Crippen LogP contribution < -0.4 is 4.74 Å². The van der Waals surface area contributed by atoms with E-state index < -0.39 is 12.1 Å². The van der Waals surface area contributed by atoms with Crippen molar-refractivity contribution < 1.29 is 18.7 Å². The monoisotopic (exact) mass is 349 g/mol. The van der Waals surface area contributed by atoms with Gasteiger partial charge in [0.15, 0.2) is 6.10 Å². The van der Waals surface area contributed by atoms with Gasteiger partial charge in [-0.1, -0.05) is 0 Å². The molecule has 0 unspecified atom stereocenters. The third kappa shape index (κ3) is 3.70. The lowest BCUT2D eigenvalue weighted by molar-refractivity contribution is 0.0280. The van der Waals surface area contributed by atoms with Crippen LogP contribution in [0.2, 0.25) is 0 Å². The molecule has 0 amide bonds. The molecule has 0 aliphatic carbocycles. The zero-order chi connectivity index (χ0) is 18.5. The molecular weight excluding hydrogens is 334 g/mol. The lowest BCUT2D eigenvalue weighted by Crippen LogP contribution is -2.09. The van der Waals surface area contributed by atoms with Crippen molar-refractivity contribution in [3.63, 3.8) is 0 Å². The van der Waals surface area contributed by atoms with E-state index in [1.807, 2.05) is 6.07 Å². The molecule has 1 aromatic heterocycles. The normalized spacial score (nSPS) is 11.4. The lowest BCUT2D eigenvalue weighted by Gasteiger charge is -2.09. The molecule has 26 heavy (non-hydrogen) atoms. The Kier molecular flexibility index (Phi) is 4.94. The van der Waals surface area contributed by atoms with E-state index in [1.165, 1.54) is 12.1 Å². The molecule has 3 rings (SSSR count). The molecule has 0 fully saturated rings. The summed E-state index contributed by atoms with van der Waals surface area (Å²) in [7, 11) is 1.59. The van der Waals surface area contributed by atoms with Gasteiger partial charge in [-0.05, 0) is 55.5 Å². The number of ether oxygens (including phenoxy) is 2. The predicted molar refractivity (Wildman–Crippen MR) is 91.3 cm³/mol. The van der Waals surface area contributed by atoms with Crippen molar-refractivity contribution in [3.8, 4) is 23.3 Å². The number of hydrogen-bond acceptors (Lipinski definition) is 7. The summed E-state index contributed by atoms with van der Waals surface area (Å²) in [6.07, 6.45) is -0.711. The highest BCUT2D eigenvalue weighted by atomic mass is 16.6. The van der Waals surface area contributed by atoms with E-state index >= 15 is 0 Å². The first kappa shape index (κ1) is 17.2. The van der Waals surface area contributed by atoms with Crippen molar-refractivity contribution in [2.45, 2.75) is 13.0 Å². The molecule has 130 valence electrons. The second kappa shape index (κ2) is 7.49. The Hall–Kier alpha value is -3.66. The topological polar surface area (TPSA) is 98.2 Å². The summed E-state index contributed by atoms with van der Waals surface area (Å²) in [4.78, 5) is 12.2. The maximum Gasteiger partial charge on any atom is 0.338 e. The molecule has 7 nitrogen and oxygen atoms in total. The van der Waals surface area contributed by atoms with Gasteiger partial charge in [0.25, 0.3) is 5.89 Å². The molecule has 0 spiro atoms. The Labute approximate surface area is 149 Å². The van der Waals surface area contributed by atoms with Gasteiger partial charge in [-0.15, -0.1) is 10.2 Å². The third-order valence-electron chi connectivity index (χ3n) is 3.66. The van der Waals surface area contributed by atoms with Crippen LogP contribution in [0.5, 0.6) is 5.75 Å². The van der Waals surface area contributed by atoms with E-state index in [2.05, 4.69) is 10.2 Å². The van der Waals surface area contributed by atoms with E-state index in [4.69, 9.17) is 19.2 Å². The first-order valence-corrected chi connectivity index (χ1v) is 7.79. The SMILES string of the molecule is COc1ccc(-c2nnc([C@@H](C)OC(=O)c3ccc(C#N)cc3)o2)cc1. The van der Waals surface area contributed by atoms with Crippen molar-refractivity contribution in [3.05, 3.63) is 65.5 Å². The van der Waals surface area contributed by atoms with Crippen LogP contribution in [0.3, 0.4) is 0 Å². The number of benzene rings is 2. The smallest absolute Gasteiger partial charge is 0.338 e. The zero-order valence-corrected chi connectivity index (χ0v) is 14.2. The Balaban J connectivity index is 1.69. The van der Waals surface area contributed by atoms with E-state index in [0.29, 0.717) is 17.0 Å². The number of hydrogen-bond donors (Lipinski definition) is 0. The van der Waals surface area contributed by atoms with Crippen LogP contribution >= 0.6 is 0 Å². The summed E-state index contributed by atoms with van der Waals surface area (Å²) in [5.74, 6) is 0.700. The molecule has 0 bridgehead atoms. The van der Waals surface area contributed by atoms with Crippen LogP contribution in [0.15, 0.2) is 52.9 Å². The van der Waals surface area contributed by atoms with Gasteiger partial charge in [0.1, 0.15) is 5.75 Å². The molecule has 1 atom stereocenters. The van der Waals surface area contributed by atoms with Crippen molar-refractivity contribution in [1.29, 1.82) is 5.26 Å². The maximum atomic E-state index is 12.2. The Bertz CT molecular complexity index is 940. The molecular formula is C19H15N3O4. The van der Waals surface area contributed by atoms with E-state index in [0.717, 1.165) is 11.3 Å². The number of carbonyl (C=O) groups excluding carboxylic acids is 1. The second-order valence-corrected chi connectivity index (χ2v) is 5.41. The van der Waals surface area contributed by atoms with Gasteiger partial charge in [0, 0.05) is 5.56 Å². The minimum atomic E-state index is -0.711. The van der Waals surface area contributed by atoms with Crippen molar-refractivity contribution >= 4 is 5.97 Å². The summed E-state index contributed by atoms with van der Waals surface area (Å²) in [5, 5.41) is 16.7. The van der Waals surface area contributed by atoms with Crippen molar-refractivity contribution in [1.82, 2.24) is 10.2 Å². The van der Waals surface area contributed by atoms with Crippen LogP contribution in [0.25, 0.3) is 11.5 Å². The number of nitriles is 1. The van der Waals surface area contributed by atoms with Gasteiger partial charge in [0.2, 0.25) is 5.89 Å². The molecule has 0 N–H and O–H groups in total. The molecule has 3 aromatic rings. The molecule has 0 aliphatic rings. The molecule has 2 aromatic carbocycles. The van der Waals surface area contributed by atoms with Gasteiger partial charge >= 0.3 is 5.97 Å². The van der Waals surface area contributed by atoms with Crippen LogP contribution in [0.1, 0.15) is 34.8 Å². The van der Waals surface area contributed by atoms with Gasteiger partial charge in [-0.25, -0.2) is 4.79 Å². The first-order chi connectivity index (χ1) is 12.6. The van der Waals surface area contributed by atoms with Gasteiger partial charge < -0.3 is 13.9 Å². The molecule has 0 saturated heterocycles. The largest absolute Gasteiger partial charge is 0.497 e. The number of carbonyl (C=O) groups is 1. The van der Waals surface area contributed by atoms with Gasteiger partial charge in [-0.2, -0.15) is 5.26 Å². The number of nitrogens with zero attached hydrogens (tertiary/aromatic N) is 3. The minimum absolute atomic E-state index is 0.192. The summed E-state index contributed by atoms with van der Waals surface area (Å²) in [5.41, 5.74) is 1.54. The average Bonchev–Trinajstić information content (AvgIpc) is 3.18. The summed E-state index contributed by atoms with van der Waals surface area (Å²) in [6.45, 7) is 1.65. The molecule has 0 saturated carbocycles. The fourth-order valence-electron chi connectivity index (χ4n) is 2.21. The maximum absolute atomic E-state index is 12.2. The van der Waals surface area contributed by atoms with E-state index in [-0.39, 0.29) is 5.89 Å². The summed E-state index contributed by atoms with van der Waals surface area (Å²) >= 11 is 0. The Morgan fingerprint density at radius 1 is 1.12 bits per heavy atom. The number of rotatable bonds is 5. The van der Waals surface area contributed by atoms with Gasteiger partial charge in [-0.3, -0.25) is 0 Å². The zero-order valence-electron chi connectivity index (χ0n) is 14.2. The fourth-order valence-corrected chi connectivity index (χ4v) is 2.21. The van der Waals surface area contributed by atoms with Crippen molar-refractivity contribution in [2.24, 2.45) is 0 Å². The quantitative estimate of drug-likeness (QED) is 0.650. The van der Waals surface area contributed by atoms with E-state index in [9.17, 15) is 4.79 Å². The number of methoxy groups -OCH3 is 1. The summed E-state index contributed by atoms with van der Waals surface area (Å²) < 4.78 is 16.0. The molecule has 0 aliphatic heterocycles. The number of esters is 1.